The molecule has 1 N–H and O–H groups in total. The molecule has 0 bridgehead atoms. The summed E-state index contributed by atoms with van der Waals surface area (Å²) >= 11 is 5.83. The number of aryl methyl sites for hydroxylation is 2. The van der Waals surface area contributed by atoms with E-state index in [9.17, 15) is 4.79 Å². The summed E-state index contributed by atoms with van der Waals surface area (Å²) in [7, 11) is 0. The molecule has 0 aliphatic carbocycles. The summed E-state index contributed by atoms with van der Waals surface area (Å²) in [4.78, 5) is 15.7. The van der Waals surface area contributed by atoms with Gasteiger partial charge in [-0.1, -0.05) is 42.8 Å². The Hall–Kier alpha value is -2.06. The van der Waals surface area contributed by atoms with Crippen molar-refractivity contribution in [3.63, 3.8) is 0 Å². The van der Waals surface area contributed by atoms with Gasteiger partial charge in [-0.05, 0) is 36.6 Å². The van der Waals surface area contributed by atoms with Crippen LogP contribution >= 0.6 is 11.6 Å². The molecule has 0 aliphatic heterocycles. The summed E-state index contributed by atoms with van der Waals surface area (Å²) in [5.41, 5.74) is 5.93. The van der Waals surface area contributed by atoms with Crippen molar-refractivity contribution in [1.29, 1.82) is 0 Å². The molecular formula is C19H18ClNO. The van der Waals surface area contributed by atoms with E-state index in [1.54, 1.807) is 0 Å². The topological polar surface area (TPSA) is 32.9 Å². The number of hydrogen-bond donors (Lipinski definition) is 1. The molecule has 22 heavy (non-hydrogen) atoms. The van der Waals surface area contributed by atoms with Crippen LogP contribution in [0.2, 0.25) is 0 Å². The molecular weight excluding hydrogens is 294 g/mol. The predicted molar refractivity (Wildman–Crippen MR) is 92.9 cm³/mol. The van der Waals surface area contributed by atoms with Crippen LogP contribution < -0.4 is 0 Å². The number of aromatic amines is 1. The first-order valence-corrected chi connectivity index (χ1v) is 7.98. The largest absolute Gasteiger partial charge is 0.354 e. The Morgan fingerprint density at radius 1 is 1.14 bits per heavy atom. The lowest BCUT2D eigenvalue weighted by Crippen LogP contribution is -2.01. The smallest absolute Gasteiger partial charge is 0.180 e. The number of H-pyrrole nitrogens is 1. The Balaban J connectivity index is 2.25. The molecule has 1 heterocycles. The number of fused-ring (bicyclic) bond motifs is 1. The number of rotatable bonds is 4. The van der Waals surface area contributed by atoms with Crippen LogP contribution in [-0.4, -0.2) is 16.6 Å². The van der Waals surface area contributed by atoms with Crippen molar-refractivity contribution in [2.45, 2.75) is 20.3 Å². The minimum absolute atomic E-state index is 0.0130. The maximum atomic E-state index is 12.4. The quantitative estimate of drug-likeness (QED) is 0.526. The average molecular weight is 312 g/mol. The molecule has 0 radical (unpaired) electrons. The fourth-order valence-corrected chi connectivity index (χ4v) is 2.92. The van der Waals surface area contributed by atoms with E-state index < -0.39 is 0 Å². The van der Waals surface area contributed by atoms with Crippen LogP contribution in [0.15, 0.2) is 42.5 Å². The van der Waals surface area contributed by atoms with E-state index in [4.69, 9.17) is 11.6 Å². The van der Waals surface area contributed by atoms with E-state index >= 15 is 0 Å². The standard InChI is InChI=1S/C19H18ClNO/c1-3-13-5-7-14(8-6-13)19-18(17(22)11-20)15-10-12(2)4-9-16(15)21-19/h4-10,21H,3,11H2,1-2H3. The van der Waals surface area contributed by atoms with Gasteiger partial charge in [0, 0.05) is 10.9 Å². The van der Waals surface area contributed by atoms with Gasteiger partial charge in [0.25, 0.3) is 0 Å². The van der Waals surface area contributed by atoms with Gasteiger partial charge in [0.1, 0.15) is 0 Å². The van der Waals surface area contributed by atoms with E-state index in [0.717, 1.165) is 34.1 Å². The molecule has 0 saturated heterocycles. The summed E-state index contributed by atoms with van der Waals surface area (Å²) in [6, 6.07) is 14.4. The van der Waals surface area contributed by atoms with E-state index in [2.05, 4.69) is 36.2 Å². The lowest BCUT2D eigenvalue weighted by Gasteiger charge is -2.04. The number of aromatic nitrogens is 1. The van der Waals surface area contributed by atoms with Gasteiger partial charge in [0.2, 0.25) is 0 Å². The summed E-state index contributed by atoms with van der Waals surface area (Å²) in [6.45, 7) is 4.15. The maximum absolute atomic E-state index is 12.4. The van der Waals surface area contributed by atoms with Crippen molar-refractivity contribution >= 4 is 28.3 Å². The minimum Gasteiger partial charge on any atom is -0.354 e. The molecule has 0 fully saturated rings. The van der Waals surface area contributed by atoms with Crippen molar-refractivity contribution < 1.29 is 4.79 Å². The van der Waals surface area contributed by atoms with Crippen molar-refractivity contribution in [2.24, 2.45) is 0 Å². The zero-order chi connectivity index (χ0) is 15.7. The van der Waals surface area contributed by atoms with E-state index in [1.807, 2.05) is 25.1 Å². The van der Waals surface area contributed by atoms with Gasteiger partial charge in [-0.2, -0.15) is 0 Å². The summed E-state index contributed by atoms with van der Waals surface area (Å²) in [5, 5.41) is 0.945. The van der Waals surface area contributed by atoms with Crippen LogP contribution in [-0.2, 0) is 6.42 Å². The van der Waals surface area contributed by atoms with Gasteiger partial charge >= 0.3 is 0 Å². The second-order valence-corrected chi connectivity index (χ2v) is 5.80. The Morgan fingerprint density at radius 3 is 2.50 bits per heavy atom. The highest BCUT2D eigenvalue weighted by atomic mass is 35.5. The number of carbonyl (C=O) groups is 1. The van der Waals surface area contributed by atoms with Gasteiger partial charge in [0.15, 0.2) is 5.78 Å². The first-order chi connectivity index (χ1) is 10.6. The molecule has 0 amide bonds. The highest BCUT2D eigenvalue weighted by Gasteiger charge is 2.19. The van der Waals surface area contributed by atoms with Crippen molar-refractivity contribution in [1.82, 2.24) is 4.98 Å². The Kier molecular flexibility index (Phi) is 4.04. The molecule has 2 aromatic carbocycles. The van der Waals surface area contributed by atoms with Crippen molar-refractivity contribution in [3.8, 4) is 11.3 Å². The minimum atomic E-state index is -0.0481. The molecule has 3 aromatic rings. The second kappa shape index (κ2) is 5.98. The van der Waals surface area contributed by atoms with Crippen LogP contribution in [0.3, 0.4) is 0 Å². The van der Waals surface area contributed by atoms with Gasteiger partial charge in [-0.15, -0.1) is 11.6 Å². The highest BCUT2D eigenvalue weighted by Crippen LogP contribution is 2.31. The average Bonchev–Trinajstić information content (AvgIpc) is 2.92. The first-order valence-electron chi connectivity index (χ1n) is 7.45. The number of nitrogens with one attached hydrogen (secondary N) is 1. The Bertz CT molecular complexity index is 831. The number of hydrogen-bond acceptors (Lipinski definition) is 1. The number of alkyl halides is 1. The summed E-state index contributed by atoms with van der Waals surface area (Å²) in [6.07, 6.45) is 1.000. The molecule has 1 aromatic heterocycles. The monoisotopic (exact) mass is 311 g/mol. The SMILES string of the molecule is CCc1ccc(-c2[nH]c3ccc(C)cc3c2C(=O)CCl)cc1. The van der Waals surface area contributed by atoms with E-state index in [0.29, 0.717) is 5.56 Å². The molecule has 0 spiro atoms. The second-order valence-electron chi connectivity index (χ2n) is 5.53. The molecule has 3 heteroatoms. The van der Waals surface area contributed by atoms with E-state index in [1.165, 1.54) is 5.56 Å². The van der Waals surface area contributed by atoms with Crippen LogP contribution in [0, 0.1) is 6.92 Å². The zero-order valence-electron chi connectivity index (χ0n) is 12.7. The van der Waals surface area contributed by atoms with Crippen LogP contribution in [0.25, 0.3) is 22.2 Å². The fourth-order valence-electron chi connectivity index (χ4n) is 2.79. The zero-order valence-corrected chi connectivity index (χ0v) is 13.5. The van der Waals surface area contributed by atoms with Gasteiger partial charge < -0.3 is 4.98 Å². The number of ketones is 1. The van der Waals surface area contributed by atoms with Crippen molar-refractivity contribution in [2.75, 3.05) is 5.88 Å². The van der Waals surface area contributed by atoms with Crippen molar-refractivity contribution in [3.05, 3.63) is 59.2 Å². The van der Waals surface area contributed by atoms with Crippen LogP contribution in [0.4, 0.5) is 0 Å². The number of halogens is 1. The normalized spacial score (nSPS) is 11.0. The molecule has 0 saturated carbocycles. The third-order valence-corrected chi connectivity index (χ3v) is 4.25. The Morgan fingerprint density at radius 2 is 1.86 bits per heavy atom. The van der Waals surface area contributed by atoms with E-state index in [-0.39, 0.29) is 11.7 Å². The molecule has 0 unspecified atom stereocenters. The third-order valence-electron chi connectivity index (χ3n) is 4.01. The Labute approximate surface area is 135 Å². The van der Waals surface area contributed by atoms with Crippen LogP contribution in [0.5, 0.6) is 0 Å². The summed E-state index contributed by atoms with van der Waals surface area (Å²) < 4.78 is 0. The maximum Gasteiger partial charge on any atom is 0.180 e. The highest BCUT2D eigenvalue weighted by molar-refractivity contribution is 6.33. The first kappa shape index (κ1) is 14.9. The van der Waals surface area contributed by atoms with Crippen LogP contribution in [0.1, 0.15) is 28.4 Å². The lowest BCUT2D eigenvalue weighted by molar-refractivity contribution is 0.102. The summed E-state index contributed by atoms with van der Waals surface area (Å²) in [5.74, 6) is -0.0610. The molecule has 0 aliphatic rings. The predicted octanol–water partition coefficient (Wildman–Crippen LogP) is 5.13. The molecule has 112 valence electrons. The number of Topliss-reactive ketones (excluding diaryl/α,β-unsaturated/α-hetero) is 1. The fraction of sp³-hybridized carbons (Fsp3) is 0.211. The van der Waals surface area contributed by atoms with Gasteiger partial charge in [0.05, 0.1) is 17.1 Å². The van der Waals surface area contributed by atoms with Gasteiger partial charge in [-0.3, -0.25) is 4.79 Å². The molecule has 0 atom stereocenters. The molecule has 2 nitrogen and oxygen atoms in total. The van der Waals surface area contributed by atoms with Gasteiger partial charge in [-0.25, -0.2) is 0 Å². The third kappa shape index (κ3) is 2.55. The number of carbonyl (C=O) groups excluding carboxylic acids is 1. The number of benzene rings is 2. The lowest BCUT2D eigenvalue weighted by atomic mass is 10.0. The molecule has 3 rings (SSSR count).